The van der Waals surface area contributed by atoms with E-state index >= 15 is 0 Å². The smallest absolute Gasteiger partial charge is 0.327 e. The SMILES string of the molecule is CC12CCN(Cc3ccccc3)CCN1C(=O)N(CCN1CCOCC1)C2=O. The molecule has 3 saturated heterocycles. The molecule has 0 N–H and O–H groups in total. The zero-order valence-corrected chi connectivity index (χ0v) is 16.7. The summed E-state index contributed by atoms with van der Waals surface area (Å²) in [6.45, 7) is 9.38. The quantitative estimate of drug-likeness (QED) is 0.713. The molecule has 0 bridgehead atoms. The number of imide groups is 1. The molecule has 0 aromatic heterocycles. The Hall–Kier alpha value is -1.96. The molecule has 3 heterocycles. The molecule has 152 valence electrons. The molecule has 4 rings (SSSR count). The molecule has 0 aliphatic carbocycles. The Morgan fingerprint density at radius 3 is 2.43 bits per heavy atom. The lowest BCUT2D eigenvalue weighted by molar-refractivity contribution is -0.132. The first-order chi connectivity index (χ1) is 13.6. The Kier molecular flexibility index (Phi) is 5.66. The van der Waals surface area contributed by atoms with E-state index in [1.54, 1.807) is 4.90 Å². The fourth-order valence-corrected chi connectivity index (χ4v) is 4.43. The average Bonchev–Trinajstić information content (AvgIpc) is 2.83. The fraction of sp³-hybridized carbons (Fsp3) is 0.619. The van der Waals surface area contributed by atoms with Crippen LogP contribution < -0.4 is 0 Å². The third-order valence-electron chi connectivity index (χ3n) is 6.31. The van der Waals surface area contributed by atoms with Crippen molar-refractivity contribution in [1.29, 1.82) is 0 Å². The van der Waals surface area contributed by atoms with Crippen LogP contribution in [-0.4, -0.2) is 96.1 Å². The van der Waals surface area contributed by atoms with E-state index in [9.17, 15) is 9.59 Å². The number of amides is 3. The molecule has 0 saturated carbocycles. The second kappa shape index (κ2) is 8.19. The minimum absolute atomic E-state index is 0.0349. The van der Waals surface area contributed by atoms with E-state index in [0.717, 1.165) is 52.5 Å². The van der Waals surface area contributed by atoms with Gasteiger partial charge in [-0.2, -0.15) is 0 Å². The maximum absolute atomic E-state index is 13.2. The van der Waals surface area contributed by atoms with E-state index in [-0.39, 0.29) is 11.9 Å². The van der Waals surface area contributed by atoms with Crippen LogP contribution in [-0.2, 0) is 16.1 Å². The van der Waals surface area contributed by atoms with E-state index in [4.69, 9.17) is 4.74 Å². The Balaban J connectivity index is 1.38. The first-order valence-electron chi connectivity index (χ1n) is 10.3. The Morgan fingerprint density at radius 2 is 1.68 bits per heavy atom. The molecular formula is C21H30N4O3. The van der Waals surface area contributed by atoms with Crippen molar-refractivity contribution in [3.8, 4) is 0 Å². The summed E-state index contributed by atoms with van der Waals surface area (Å²) in [5.74, 6) is -0.0349. The maximum atomic E-state index is 13.2. The molecular weight excluding hydrogens is 356 g/mol. The number of hydrogen-bond donors (Lipinski definition) is 0. The van der Waals surface area contributed by atoms with Gasteiger partial charge in [-0.1, -0.05) is 30.3 Å². The van der Waals surface area contributed by atoms with Gasteiger partial charge in [0.25, 0.3) is 5.91 Å². The third kappa shape index (κ3) is 3.79. The third-order valence-corrected chi connectivity index (χ3v) is 6.31. The highest BCUT2D eigenvalue weighted by molar-refractivity contribution is 6.06. The van der Waals surface area contributed by atoms with Crippen LogP contribution in [0.5, 0.6) is 0 Å². The van der Waals surface area contributed by atoms with Gasteiger partial charge in [0, 0.05) is 52.4 Å². The number of ether oxygens (including phenoxy) is 1. The van der Waals surface area contributed by atoms with Crippen molar-refractivity contribution in [2.75, 3.05) is 59.0 Å². The van der Waals surface area contributed by atoms with E-state index in [1.165, 1.54) is 10.5 Å². The lowest BCUT2D eigenvalue weighted by Gasteiger charge is -2.28. The Morgan fingerprint density at radius 1 is 0.929 bits per heavy atom. The number of benzene rings is 1. The maximum Gasteiger partial charge on any atom is 0.327 e. The van der Waals surface area contributed by atoms with E-state index in [2.05, 4.69) is 21.9 Å². The minimum atomic E-state index is -0.715. The Labute approximate surface area is 166 Å². The molecule has 1 aromatic rings. The van der Waals surface area contributed by atoms with Crippen molar-refractivity contribution in [1.82, 2.24) is 19.6 Å². The van der Waals surface area contributed by atoms with Gasteiger partial charge in [-0.25, -0.2) is 4.79 Å². The predicted octanol–water partition coefficient (Wildman–Crippen LogP) is 1.25. The van der Waals surface area contributed by atoms with Gasteiger partial charge in [-0.3, -0.25) is 19.5 Å². The highest BCUT2D eigenvalue weighted by Crippen LogP contribution is 2.33. The van der Waals surface area contributed by atoms with Crippen molar-refractivity contribution in [2.24, 2.45) is 0 Å². The number of morpholine rings is 1. The lowest BCUT2D eigenvalue weighted by atomic mass is 9.96. The topological polar surface area (TPSA) is 56.3 Å². The van der Waals surface area contributed by atoms with E-state index in [0.29, 0.717) is 19.5 Å². The van der Waals surface area contributed by atoms with E-state index < -0.39 is 5.54 Å². The molecule has 1 unspecified atom stereocenters. The molecule has 28 heavy (non-hydrogen) atoms. The zero-order valence-electron chi connectivity index (χ0n) is 16.7. The molecule has 3 aliphatic rings. The summed E-state index contributed by atoms with van der Waals surface area (Å²) in [5.41, 5.74) is 0.549. The molecule has 3 amide bonds. The van der Waals surface area contributed by atoms with Crippen LogP contribution in [0, 0.1) is 0 Å². The zero-order chi connectivity index (χ0) is 19.6. The summed E-state index contributed by atoms with van der Waals surface area (Å²) >= 11 is 0. The fourth-order valence-electron chi connectivity index (χ4n) is 4.43. The second-order valence-electron chi connectivity index (χ2n) is 8.13. The normalized spacial score (nSPS) is 27.2. The van der Waals surface area contributed by atoms with Gasteiger partial charge in [0.2, 0.25) is 0 Å². The van der Waals surface area contributed by atoms with Crippen LogP contribution in [0.25, 0.3) is 0 Å². The van der Waals surface area contributed by atoms with Crippen molar-refractivity contribution in [2.45, 2.75) is 25.4 Å². The number of carbonyl (C=O) groups excluding carboxylic acids is 2. The summed E-state index contributed by atoms with van der Waals surface area (Å²) in [4.78, 5) is 34.1. The van der Waals surface area contributed by atoms with Gasteiger partial charge in [-0.15, -0.1) is 0 Å². The van der Waals surface area contributed by atoms with Gasteiger partial charge in [0.15, 0.2) is 0 Å². The van der Waals surface area contributed by atoms with E-state index in [1.807, 2.05) is 25.1 Å². The van der Waals surface area contributed by atoms with Crippen LogP contribution in [0.15, 0.2) is 30.3 Å². The van der Waals surface area contributed by atoms with Crippen LogP contribution in [0.4, 0.5) is 4.79 Å². The first kappa shape index (κ1) is 19.4. The number of urea groups is 1. The van der Waals surface area contributed by atoms with Crippen LogP contribution >= 0.6 is 0 Å². The molecule has 7 heteroatoms. The van der Waals surface area contributed by atoms with Gasteiger partial charge < -0.3 is 9.64 Å². The van der Waals surface area contributed by atoms with Gasteiger partial charge in [-0.05, 0) is 18.9 Å². The molecule has 1 aromatic carbocycles. The Bertz CT molecular complexity index is 707. The number of rotatable bonds is 5. The number of nitrogens with zero attached hydrogens (tertiary/aromatic N) is 4. The van der Waals surface area contributed by atoms with Crippen LogP contribution in [0.1, 0.15) is 18.9 Å². The monoisotopic (exact) mass is 386 g/mol. The highest BCUT2D eigenvalue weighted by atomic mass is 16.5. The largest absolute Gasteiger partial charge is 0.379 e. The average molecular weight is 386 g/mol. The van der Waals surface area contributed by atoms with Crippen LogP contribution in [0.3, 0.4) is 0 Å². The van der Waals surface area contributed by atoms with Gasteiger partial charge in [0.05, 0.1) is 13.2 Å². The molecule has 7 nitrogen and oxygen atoms in total. The number of carbonyl (C=O) groups is 2. The number of hydrogen-bond acceptors (Lipinski definition) is 5. The number of fused-ring (bicyclic) bond motifs is 1. The van der Waals surface area contributed by atoms with Crippen LogP contribution in [0.2, 0.25) is 0 Å². The molecule has 3 aliphatic heterocycles. The molecule has 1 atom stereocenters. The highest BCUT2D eigenvalue weighted by Gasteiger charge is 2.54. The van der Waals surface area contributed by atoms with Gasteiger partial charge >= 0.3 is 6.03 Å². The van der Waals surface area contributed by atoms with Crippen molar-refractivity contribution < 1.29 is 14.3 Å². The second-order valence-corrected chi connectivity index (χ2v) is 8.13. The summed E-state index contributed by atoms with van der Waals surface area (Å²) in [6.07, 6.45) is 0.679. The van der Waals surface area contributed by atoms with Crippen molar-refractivity contribution >= 4 is 11.9 Å². The van der Waals surface area contributed by atoms with Gasteiger partial charge in [0.1, 0.15) is 5.54 Å². The summed E-state index contributed by atoms with van der Waals surface area (Å²) in [6, 6.07) is 10.2. The van der Waals surface area contributed by atoms with Crippen molar-refractivity contribution in [3.63, 3.8) is 0 Å². The standard InChI is InChI=1S/C21H30N4O3/c1-21-7-8-23(17-18-5-3-2-4-6-18)10-12-25(21)20(27)24(19(21)26)11-9-22-13-15-28-16-14-22/h2-6H,7-17H2,1H3. The minimum Gasteiger partial charge on any atom is -0.379 e. The summed E-state index contributed by atoms with van der Waals surface area (Å²) < 4.78 is 5.37. The predicted molar refractivity (Wildman–Crippen MR) is 106 cm³/mol. The molecule has 3 fully saturated rings. The first-order valence-corrected chi connectivity index (χ1v) is 10.3. The molecule has 0 spiro atoms. The summed E-state index contributed by atoms with van der Waals surface area (Å²) in [5, 5.41) is 0. The lowest BCUT2D eigenvalue weighted by Crippen LogP contribution is -2.47. The summed E-state index contributed by atoms with van der Waals surface area (Å²) in [7, 11) is 0. The molecule has 0 radical (unpaired) electrons. The van der Waals surface area contributed by atoms with Crippen molar-refractivity contribution in [3.05, 3.63) is 35.9 Å².